The number of benzene rings is 1. The first-order chi connectivity index (χ1) is 12.6. The maximum Gasteiger partial charge on any atom is 0.338 e. The van der Waals surface area contributed by atoms with E-state index in [4.69, 9.17) is 33.2 Å². The number of hydrogen-bond acceptors (Lipinski definition) is 5. The molecule has 0 saturated carbocycles. The minimum Gasteiger partial charge on any atom is -0.463 e. The molecule has 26 heavy (non-hydrogen) atoms. The Morgan fingerprint density at radius 3 is 2.65 bits per heavy atom. The number of hydrogen-bond donors (Lipinski definition) is 1. The summed E-state index contributed by atoms with van der Waals surface area (Å²) in [6, 6.07) is 12.8. The SMILES string of the molecule is C#CC1=C(N)OC(c2ccccc2)=C(C(=O)OCC)C1c1ccc(Cl)s1. The molecule has 2 heterocycles. The second-order valence-electron chi connectivity index (χ2n) is 5.43. The van der Waals surface area contributed by atoms with Crippen LogP contribution < -0.4 is 5.73 Å². The van der Waals surface area contributed by atoms with Gasteiger partial charge >= 0.3 is 5.97 Å². The molecular weight excluding hydrogens is 370 g/mol. The lowest BCUT2D eigenvalue weighted by Gasteiger charge is -2.28. The van der Waals surface area contributed by atoms with Crippen LogP contribution in [0.5, 0.6) is 0 Å². The molecule has 0 radical (unpaired) electrons. The molecule has 2 N–H and O–H groups in total. The van der Waals surface area contributed by atoms with Gasteiger partial charge in [0, 0.05) is 10.4 Å². The molecule has 1 aliphatic rings. The molecule has 4 nitrogen and oxygen atoms in total. The Kier molecular flexibility index (Phi) is 5.36. The number of ether oxygens (including phenoxy) is 2. The third-order valence-electron chi connectivity index (χ3n) is 3.86. The fraction of sp³-hybridized carbons (Fsp3) is 0.150. The van der Waals surface area contributed by atoms with Crippen molar-refractivity contribution in [2.75, 3.05) is 6.61 Å². The lowest BCUT2D eigenvalue weighted by molar-refractivity contribution is -0.138. The predicted molar refractivity (Wildman–Crippen MR) is 103 cm³/mol. The second kappa shape index (κ2) is 7.69. The standard InChI is InChI=1S/C20H16ClNO3S/c1-3-13-16(14-10-11-15(21)26-14)17(20(23)24-4-2)18(25-19(13)22)12-8-6-5-7-9-12/h1,5-11,16H,4,22H2,2H3. The zero-order valence-electron chi connectivity index (χ0n) is 14.0. The van der Waals surface area contributed by atoms with Crippen molar-refractivity contribution in [3.8, 4) is 12.3 Å². The zero-order valence-corrected chi connectivity index (χ0v) is 15.6. The summed E-state index contributed by atoms with van der Waals surface area (Å²) in [6.45, 7) is 1.97. The van der Waals surface area contributed by atoms with Crippen LogP contribution in [0.25, 0.3) is 5.76 Å². The molecule has 0 bridgehead atoms. The molecule has 3 rings (SSSR count). The normalized spacial score (nSPS) is 16.9. The number of carbonyl (C=O) groups is 1. The lowest BCUT2D eigenvalue weighted by atomic mass is 9.86. The average molecular weight is 386 g/mol. The highest BCUT2D eigenvalue weighted by molar-refractivity contribution is 7.16. The van der Waals surface area contributed by atoms with Crippen LogP contribution in [0.15, 0.2) is 59.5 Å². The third kappa shape index (κ3) is 3.34. The van der Waals surface area contributed by atoms with Crippen molar-refractivity contribution in [1.29, 1.82) is 0 Å². The Morgan fingerprint density at radius 1 is 1.35 bits per heavy atom. The first-order valence-electron chi connectivity index (χ1n) is 7.92. The minimum atomic E-state index is -0.569. The number of rotatable bonds is 4. The van der Waals surface area contributed by atoms with Crippen molar-refractivity contribution in [2.45, 2.75) is 12.8 Å². The number of nitrogens with two attached hydrogens (primary N) is 1. The van der Waals surface area contributed by atoms with Crippen molar-refractivity contribution in [3.05, 3.63) is 74.3 Å². The highest BCUT2D eigenvalue weighted by atomic mass is 35.5. The van der Waals surface area contributed by atoms with Crippen molar-refractivity contribution < 1.29 is 14.3 Å². The van der Waals surface area contributed by atoms with Gasteiger partial charge in [0.05, 0.1) is 28.0 Å². The molecule has 1 aromatic heterocycles. The maximum absolute atomic E-state index is 12.8. The van der Waals surface area contributed by atoms with Gasteiger partial charge < -0.3 is 15.2 Å². The molecule has 1 atom stereocenters. The van der Waals surface area contributed by atoms with E-state index in [1.54, 1.807) is 13.0 Å². The van der Waals surface area contributed by atoms with E-state index in [-0.39, 0.29) is 12.5 Å². The molecule has 0 amide bonds. The molecule has 132 valence electrons. The number of esters is 1. The Balaban J connectivity index is 2.26. The summed E-state index contributed by atoms with van der Waals surface area (Å²) in [5.41, 5.74) is 7.50. The van der Waals surface area contributed by atoms with Crippen LogP contribution in [-0.4, -0.2) is 12.6 Å². The van der Waals surface area contributed by atoms with Gasteiger partial charge in [-0.2, -0.15) is 0 Å². The molecular formula is C20H16ClNO3S. The van der Waals surface area contributed by atoms with Gasteiger partial charge in [-0.05, 0) is 19.1 Å². The first-order valence-corrected chi connectivity index (χ1v) is 9.12. The van der Waals surface area contributed by atoms with Gasteiger partial charge in [-0.15, -0.1) is 17.8 Å². The quantitative estimate of drug-likeness (QED) is 0.629. The molecule has 1 unspecified atom stereocenters. The van der Waals surface area contributed by atoms with Gasteiger partial charge in [0.25, 0.3) is 0 Å². The summed E-state index contributed by atoms with van der Waals surface area (Å²) in [4.78, 5) is 13.6. The molecule has 0 spiro atoms. The smallest absolute Gasteiger partial charge is 0.338 e. The van der Waals surface area contributed by atoms with Crippen LogP contribution in [0, 0.1) is 12.3 Å². The third-order valence-corrected chi connectivity index (χ3v) is 5.16. The summed E-state index contributed by atoms with van der Waals surface area (Å²) in [6.07, 6.45) is 5.68. The van der Waals surface area contributed by atoms with Crippen LogP contribution in [0.2, 0.25) is 4.34 Å². The number of thiophene rings is 1. The van der Waals surface area contributed by atoms with Crippen LogP contribution in [0.1, 0.15) is 23.3 Å². The van der Waals surface area contributed by atoms with E-state index >= 15 is 0 Å². The number of allylic oxidation sites excluding steroid dienone is 1. The van der Waals surface area contributed by atoms with E-state index in [2.05, 4.69) is 5.92 Å². The molecule has 1 aromatic carbocycles. The topological polar surface area (TPSA) is 61.5 Å². The highest BCUT2D eigenvalue weighted by Crippen LogP contribution is 2.45. The Labute approximate surface area is 160 Å². The van der Waals surface area contributed by atoms with Crippen molar-refractivity contribution in [3.63, 3.8) is 0 Å². The van der Waals surface area contributed by atoms with E-state index in [0.717, 1.165) is 4.88 Å². The minimum absolute atomic E-state index is 0.0916. The molecule has 0 saturated heterocycles. The number of halogens is 1. The van der Waals surface area contributed by atoms with Gasteiger partial charge in [0.2, 0.25) is 5.88 Å². The maximum atomic E-state index is 12.8. The fourth-order valence-electron chi connectivity index (χ4n) is 2.78. The van der Waals surface area contributed by atoms with Gasteiger partial charge in [-0.3, -0.25) is 0 Å². The molecule has 6 heteroatoms. The predicted octanol–water partition coefficient (Wildman–Crippen LogP) is 4.29. The van der Waals surface area contributed by atoms with E-state index < -0.39 is 11.9 Å². The van der Waals surface area contributed by atoms with Crippen LogP contribution >= 0.6 is 22.9 Å². The van der Waals surface area contributed by atoms with Crippen LogP contribution in [0.4, 0.5) is 0 Å². The van der Waals surface area contributed by atoms with Crippen molar-refractivity contribution >= 4 is 34.7 Å². The largest absolute Gasteiger partial charge is 0.463 e. The Morgan fingerprint density at radius 2 is 2.08 bits per heavy atom. The second-order valence-corrected chi connectivity index (χ2v) is 7.18. The molecule has 1 aliphatic heterocycles. The van der Waals surface area contributed by atoms with Crippen LogP contribution in [0.3, 0.4) is 0 Å². The van der Waals surface area contributed by atoms with E-state index in [0.29, 0.717) is 26.8 Å². The number of carbonyl (C=O) groups excluding carboxylic acids is 1. The number of terminal acetylenes is 1. The average Bonchev–Trinajstić information content (AvgIpc) is 3.07. The molecule has 0 fully saturated rings. The monoisotopic (exact) mass is 385 g/mol. The first kappa shape index (κ1) is 18.1. The van der Waals surface area contributed by atoms with Gasteiger partial charge in [-0.25, -0.2) is 4.79 Å². The molecule has 2 aromatic rings. The van der Waals surface area contributed by atoms with Crippen molar-refractivity contribution in [1.82, 2.24) is 0 Å². The van der Waals surface area contributed by atoms with E-state index in [1.807, 2.05) is 36.4 Å². The van der Waals surface area contributed by atoms with Crippen molar-refractivity contribution in [2.24, 2.45) is 5.73 Å². The summed E-state index contributed by atoms with van der Waals surface area (Å²) >= 11 is 7.44. The van der Waals surface area contributed by atoms with Gasteiger partial charge in [0.15, 0.2) is 0 Å². The Bertz CT molecular complexity index is 937. The summed E-state index contributed by atoms with van der Waals surface area (Å²) in [7, 11) is 0. The zero-order chi connectivity index (χ0) is 18.7. The highest BCUT2D eigenvalue weighted by Gasteiger charge is 2.38. The summed E-state index contributed by atoms with van der Waals surface area (Å²) in [5, 5.41) is 0. The summed E-state index contributed by atoms with van der Waals surface area (Å²) in [5.74, 6) is 1.93. The van der Waals surface area contributed by atoms with Gasteiger partial charge in [-0.1, -0.05) is 47.9 Å². The lowest BCUT2D eigenvalue weighted by Crippen LogP contribution is -2.25. The molecule has 0 aliphatic carbocycles. The van der Waals surface area contributed by atoms with Crippen LogP contribution in [-0.2, 0) is 14.3 Å². The Hall–Kier alpha value is -2.68. The summed E-state index contributed by atoms with van der Waals surface area (Å²) < 4.78 is 11.7. The van der Waals surface area contributed by atoms with Gasteiger partial charge in [0.1, 0.15) is 5.76 Å². The van der Waals surface area contributed by atoms with E-state index in [9.17, 15) is 4.79 Å². The fourth-order valence-corrected chi connectivity index (χ4v) is 3.96. The van der Waals surface area contributed by atoms with E-state index in [1.165, 1.54) is 11.3 Å².